The highest BCUT2D eigenvalue weighted by molar-refractivity contribution is 9.10. The van der Waals surface area contributed by atoms with Crippen LogP contribution in [0.4, 0.5) is 5.69 Å². The Bertz CT molecular complexity index is 452. The molecule has 1 N–H and O–H groups in total. The van der Waals surface area contributed by atoms with E-state index >= 15 is 0 Å². The van der Waals surface area contributed by atoms with Gasteiger partial charge in [0.25, 0.3) is 5.91 Å². The number of halogens is 1. The first kappa shape index (κ1) is 12.3. The molecule has 1 unspecified atom stereocenters. The predicted molar refractivity (Wildman–Crippen MR) is 62.1 cm³/mol. The summed E-state index contributed by atoms with van der Waals surface area (Å²) in [5.41, 5.74) is 0.576. The number of hydrogen-bond donors (Lipinski definition) is 1. The number of benzene rings is 1. The highest BCUT2D eigenvalue weighted by Gasteiger charge is 2.14. The number of nitriles is 1. The molecule has 0 saturated carbocycles. The Kier molecular flexibility index (Phi) is 4.61. The van der Waals surface area contributed by atoms with Crippen LogP contribution in [0.25, 0.3) is 0 Å². The van der Waals surface area contributed by atoms with Crippen molar-refractivity contribution in [3.8, 4) is 6.07 Å². The fourth-order valence-corrected chi connectivity index (χ4v) is 1.29. The van der Waals surface area contributed by atoms with Gasteiger partial charge < -0.3 is 5.32 Å². The number of amides is 1. The van der Waals surface area contributed by atoms with E-state index < -0.39 is 11.9 Å². The second-order valence-electron chi connectivity index (χ2n) is 2.81. The van der Waals surface area contributed by atoms with Gasteiger partial charge in [-0.15, -0.1) is 0 Å². The summed E-state index contributed by atoms with van der Waals surface area (Å²) in [7, 11) is 1.45. The average molecular weight is 281 g/mol. The molecule has 0 aliphatic rings. The first-order valence-corrected chi connectivity index (χ1v) is 5.25. The zero-order valence-corrected chi connectivity index (χ0v) is 10.1. The van der Waals surface area contributed by atoms with Crippen LogP contribution in [-0.4, -0.2) is 19.0 Å². The average Bonchev–Trinajstić information content (AvgIpc) is 2.31. The summed E-state index contributed by atoms with van der Waals surface area (Å²) in [5.74, 6) is -0.474. The quantitative estimate of drug-likeness (QED) is 0.862. The summed E-state index contributed by atoms with van der Waals surface area (Å²) in [5, 5.41) is 18.5. The van der Waals surface area contributed by atoms with Gasteiger partial charge in [-0.25, -0.2) is 0 Å². The van der Waals surface area contributed by atoms with E-state index in [4.69, 9.17) is 5.26 Å². The Morgan fingerprint density at radius 2 is 2.25 bits per heavy atom. The minimum atomic E-state index is -1.11. The zero-order chi connectivity index (χ0) is 12.0. The van der Waals surface area contributed by atoms with Crippen LogP contribution in [0.5, 0.6) is 0 Å². The lowest BCUT2D eigenvalue weighted by atomic mass is 10.3. The number of nitrogens with one attached hydrogen (secondary N) is 1. The molecule has 6 heteroatoms. The van der Waals surface area contributed by atoms with Gasteiger partial charge in [0.2, 0.25) is 6.04 Å². The largest absolute Gasteiger partial charge is 0.356 e. The lowest BCUT2D eigenvalue weighted by molar-refractivity contribution is -0.120. The van der Waals surface area contributed by atoms with Crippen LogP contribution in [0.15, 0.2) is 39.0 Å². The molecule has 0 saturated heterocycles. The summed E-state index contributed by atoms with van der Waals surface area (Å²) < 4.78 is 0.757. The van der Waals surface area contributed by atoms with E-state index in [-0.39, 0.29) is 0 Å². The Morgan fingerprint density at radius 1 is 1.56 bits per heavy atom. The van der Waals surface area contributed by atoms with Crippen molar-refractivity contribution in [1.29, 1.82) is 5.26 Å². The van der Waals surface area contributed by atoms with Gasteiger partial charge in [-0.3, -0.25) is 4.79 Å². The molecule has 16 heavy (non-hydrogen) atoms. The lowest BCUT2D eigenvalue weighted by Gasteiger charge is -2.00. The van der Waals surface area contributed by atoms with Crippen molar-refractivity contribution in [2.75, 3.05) is 7.05 Å². The van der Waals surface area contributed by atoms with Crippen LogP contribution in [0.1, 0.15) is 0 Å². The van der Waals surface area contributed by atoms with Crippen molar-refractivity contribution in [1.82, 2.24) is 5.32 Å². The molecule has 0 radical (unpaired) electrons. The summed E-state index contributed by atoms with van der Waals surface area (Å²) >= 11 is 3.29. The van der Waals surface area contributed by atoms with E-state index in [2.05, 4.69) is 31.5 Å². The topological polar surface area (TPSA) is 77.6 Å². The first-order valence-electron chi connectivity index (χ1n) is 4.45. The van der Waals surface area contributed by atoms with Crippen molar-refractivity contribution in [2.45, 2.75) is 6.04 Å². The van der Waals surface area contributed by atoms with E-state index in [9.17, 15) is 4.79 Å². The summed E-state index contributed by atoms with van der Waals surface area (Å²) in [6.45, 7) is 0. The first-order chi connectivity index (χ1) is 7.69. The van der Waals surface area contributed by atoms with Gasteiger partial charge in [0.05, 0.1) is 5.69 Å². The maximum Gasteiger partial charge on any atom is 0.261 e. The molecule has 5 nitrogen and oxygen atoms in total. The zero-order valence-electron chi connectivity index (χ0n) is 8.51. The van der Waals surface area contributed by atoms with Crippen LogP contribution in [0.2, 0.25) is 0 Å². The Morgan fingerprint density at radius 3 is 2.81 bits per heavy atom. The van der Waals surface area contributed by atoms with Gasteiger partial charge in [0.1, 0.15) is 6.07 Å². The molecule has 0 aliphatic carbocycles. The van der Waals surface area contributed by atoms with Gasteiger partial charge in [-0.1, -0.05) is 12.1 Å². The number of azo groups is 1. The summed E-state index contributed by atoms with van der Waals surface area (Å²) in [6.07, 6.45) is 0. The van der Waals surface area contributed by atoms with E-state index in [1.165, 1.54) is 7.05 Å². The molecule has 0 aromatic heterocycles. The van der Waals surface area contributed by atoms with Gasteiger partial charge in [0, 0.05) is 11.5 Å². The van der Waals surface area contributed by atoms with E-state index in [0.29, 0.717) is 5.69 Å². The Hall–Kier alpha value is -1.74. The van der Waals surface area contributed by atoms with Crippen LogP contribution in [0, 0.1) is 11.3 Å². The highest BCUT2D eigenvalue weighted by atomic mass is 79.9. The van der Waals surface area contributed by atoms with Crippen molar-refractivity contribution in [3.05, 3.63) is 28.7 Å². The molecule has 0 fully saturated rings. The van der Waals surface area contributed by atoms with Gasteiger partial charge >= 0.3 is 0 Å². The second-order valence-corrected chi connectivity index (χ2v) is 3.67. The second kappa shape index (κ2) is 5.98. The van der Waals surface area contributed by atoms with Crippen molar-refractivity contribution < 1.29 is 4.79 Å². The van der Waals surface area contributed by atoms with Crippen LogP contribution < -0.4 is 5.32 Å². The van der Waals surface area contributed by atoms with E-state index in [1.807, 2.05) is 6.07 Å². The minimum absolute atomic E-state index is 0.474. The van der Waals surface area contributed by atoms with Gasteiger partial charge in [0.15, 0.2) is 0 Å². The summed E-state index contributed by atoms with van der Waals surface area (Å²) in [6, 6.07) is 7.80. The molecule has 0 heterocycles. The molecule has 1 rings (SSSR count). The fourth-order valence-electron chi connectivity index (χ4n) is 0.926. The van der Waals surface area contributed by atoms with Crippen molar-refractivity contribution in [3.63, 3.8) is 0 Å². The van der Waals surface area contributed by atoms with Crippen LogP contribution in [-0.2, 0) is 4.79 Å². The molecular weight excluding hydrogens is 272 g/mol. The monoisotopic (exact) mass is 280 g/mol. The number of nitrogens with zero attached hydrogens (tertiary/aromatic N) is 3. The third kappa shape index (κ3) is 3.14. The normalized spacial score (nSPS) is 12.1. The Balaban J connectivity index is 2.84. The molecule has 0 aliphatic heterocycles. The maximum atomic E-state index is 11.2. The van der Waals surface area contributed by atoms with Crippen LogP contribution in [0.3, 0.4) is 0 Å². The smallest absolute Gasteiger partial charge is 0.261 e. The summed E-state index contributed by atoms with van der Waals surface area (Å²) in [4.78, 5) is 11.2. The van der Waals surface area contributed by atoms with E-state index in [1.54, 1.807) is 24.3 Å². The number of carbonyl (C=O) groups is 1. The van der Waals surface area contributed by atoms with Crippen LogP contribution >= 0.6 is 15.9 Å². The SMILES string of the molecule is CNC(=O)C(C#N)N=Nc1ccccc1Br. The highest BCUT2D eigenvalue weighted by Crippen LogP contribution is 2.24. The third-order valence-electron chi connectivity index (χ3n) is 1.75. The van der Waals surface area contributed by atoms with Crippen molar-refractivity contribution >= 4 is 27.5 Å². The molecule has 1 atom stereocenters. The van der Waals surface area contributed by atoms with E-state index in [0.717, 1.165) is 4.47 Å². The predicted octanol–water partition coefficient (Wildman–Crippen LogP) is 2.17. The molecule has 0 spiro atoms. The lowest BCUT2D eigenvalue weighted by Crippen LogP contribution is -2.28. The van der Waals surface area contributed by atoms with Gasteiger partial charge in [-0.2, -0.15) is 15.5 Å². The van der Waals surface area contributed by atoms with Gasteiger partial charge in [-0.05, 0) is 28.1 Å². The Labute approximate surface area is 101 Å². The fraction of sp³-hybridized carbons (Fsp3) is 0.200. The number of hydrogen-bond acceptors (Lipinski definition) is 4. The number of carbonyl (C=O) groups excluding carboxylic acids is 1. The maximum absolute atomic E-state index is 11.2. The molecule has 82 valence electrons. The molecule has 1 aromatic carbocycles. The standard InChI is InChI=1S/C10H9BrN4O/c1-13-10(16)9(6-12)15-14-8-5-3-2-4-7(8)11/h2-5,9H,1H3,(H,13,16). The number of likely N-dealkylation sites (N-methyl/N-ethyl adjacent to an activating group) is 1. The molecular formula is C10H9BrN4O. The molecule has 0 bridgehead atoms. The van der Waals surface area contributed by atoms with Crippen molar-refractivity contribution in [2.24, 2.45) is 10.2 Å². The third-order valence-corrected chi connectivity index (χ3v) is 2.42. The molecule has 1 amide bonds. The number of rotatable bonds is 3. The molecule has 1 aromatic rings. The minimum Gasteiger partial charge on any atom is -0.356 e.